The molecule has 10 heavy (non-hydrogen) atoms. The van der Waals surface area contributed by atoms with Gasteiger partial charge in [0.2, 0.25) is 0 Å². The molecule has 1 heteroatoms. The molecule has 0 fully saturated rings. The quantitative estimate of drug-likeness (QED) is 0.327. The Morgan fingerprint density at radius 1 is 1.40 bits per heavy atom. The average molecular weight is 161 g/mol. The van der Waals surface area contributed by atoms with Crippen LogP contribution in [0.3, 0.4) is 0 Å². The van der Waals surface area contributed by atoms with Crippen LogP contribution in [0.15, 0.2) is 11.6 Å². The zero-order chi connectivity index (χ0) is 7.82. The molecule has 0 saturated carbocycles. The molecular weight excluding hydrogens is 144 g/mol. The summed E-state index contributed by atoms with van der Waals surface area (Å²) >= 11 is 5.60. The number of rotatable bonds is 5. The Balaban J connectivity index is 3.16. The third-order valence-corrected chi connectivity index (χ3v) is 1.93. The van der Waals surface area contributed by atoms with Crippen molar-refractivity contribution in [3.05, 3.63) is 11.6 Å². The van der Waals surface area contributed by atoms with E-state index in [4.69, 9.17) is 11.6 Å². The Labute approximate surface area is 69.3 Å². The zero-order valence-corrected chi connectivity index (χ0v) is 7.75. The van der Waals surface area contributed by atoms with Gasteiger partial charge in [0.25, 0.3) is 0 Å². The summed E-state index contributed by atoms with van der Waals surface area (Å²) < 4.78 is 0. The van der Waals surface area contributed by atoms with Gasteiger partial charge in [0, 0.05) is 5.88 Å². The maximum Gasteiger partial charge on any atom is 0.0430 e. The molecule has 0 nitrogen and oxygen atoms in total. The van der Waals surface area contributed by atoms with Crippen molar-refractivity contribution in [1.29, 1.82) is 0 Å². The third kappa shape index (κ3) is 6.15. The monoisotopic (exact) mass is 160 g/mol. The summed E-state index contributed by atoms with van der Waals surface area (Å²) in [6.45, 7) is 4.30. The minimum atomic E-state index is 0.687. The minimum Gasteiger partial charge on any atom is -0.122 e. The molecule has 0 unspecified atom stereocenters. The van der Waals surface area contributed by atoms with Crippen molar-refractivity contribution in [3.8, 4) is 0 Å². The first-order valence-corrected chi connectivity index (χ1v) is 4.56. The Bertz CT molecular complexity index is 94.9. The molecule has 0 aromatic carbocycles. The van der Waals surface area contributed by atoms with E-state index in [2.05, 4.69) is 19.9 Å². The number of allylic oxidation sites excluding steroid dienone is 2. The fourth-order valence-corrected chi connectivity index (χ4v) is 0.906. The molecule has 0 radical (unpaired) electrons. The van der Waals surface area contributed by atoms with Gasteiger partial charge in [-0.05, 0) is 19.8 Å². The van der Waals surface area contributed by atoms with E-state index in [0.717, 1.165) is 0 Å². The normalized spacial score (nSPS) is 12.1. The van der Waals surface area contributed by atoms with E-state index < -0.39 is 0 Å². The van der Waals surface area contributed by atoms with Gasteiger partial charge in [0.15, 0.2) is 0 Å². The van der Waals surface area contributed by atoms with Crippen LogP contribution >= 0.6 is 11.6 Å². The molecule has 0 aliphatic heterocycles. The van der Waals surface area contributed by atoms with Gasteiger partial charge >= 0.3 is 0 Å². The summed E-state index contributed by atoms with van der Waals surface area (Å²) in [5, 5.41) is 0. The van der Waals surface area contributed by atoms with E-state index in [-0.39, 0.29) is 0 Å². The summed E-state index contributed by atoms with van der Waals surface area (Å²) in [5.41, 5.74) is 1.30. The van der Waals surface area contributed by atoms with Crippen LogP contribution in [-0.2, 0) is 0 Å². The van der Waals surface area contributed by atoms with Gasteiger partial charge in [-0.3, -0.25) is 0 Å². The lowest BCUT2D eigenvalue weighted by Gasteiger charge is -1.94. The largest absolute Gasteiger partial charge is 0.122 e. The standard InChI is InChI=1S/C9H17Cl/c1-3-4-5-6-7-9(2)8-10/h7H,3-6,8H2,1-2H3/b9-7+. The maximum absolute atomic E-state index is 5.60. The fraction of sp³-hybridized carbons (Fsp3) is 0.778. The molecule has 0 N–H and O–H groups in total. The van der Waals surface area contributed by atoms with Crippen molar-refractivity contribution in [1.82, 2.24) is 0 Å². The van der Waals surface area contributed by atoms with Crippen LogP contribution in [0.25, 0.3) is 0 Å². The molecule has 0 atom stereocenters. The molecule has 0 saturated heterocycles. The van der Waals surface area contributed by atoms with Gasteiger partial charge in [0.1, 0.15) is 0 Å². The summed E-state index contributed by atoms with van der Waals surface area (Å²) in [6, 6.07) is 0. The maximum atomic E-state index is 5.60. The average Bonchev–Trinajstić information content (AvgIpc) is 1.98. The smallest absolute Gasteiger partial charge is 0.0430 e. The van der Waals surface area contributed by atoms with Crippen molar-refractivity contribution in [2.45, 2.75) is 39.5 Å². The lowest BCUT2D eigenvalue weighted by molar-refractivity contribution is 0.727. The van der Waals surface area contributed by atoms with Crippen molar-refractivity contribution in [3.63, 3.8) is 0 Å². The first-order chi connectivity index (χ1) is 4.81. The highest BCUT2D eigenvalue weighted by molar-refractivity contribution is 6.19. The SMILES string of the molecule is CCCCC/C=C(\C)CCl. The van der Waals surface area contributed by atoms with E-state index in [1.54, 1.807) is 0 Å². The number of alkyl halides is 1. The van der Waals surface area contributed by atoms with Crippen LogP contribution in [0.5, 0.6) is 0 Å². The third-order valence-electron chi connectivity index (χ3n) is 1.51. The fourth-order valence-electron chi connectivity index (χ4n) is 0.797. The van der Waals surface area contributed by atoms with Crippen LogP contribution in [0.4, 0.5) is 0 Å². The molecule has 60 valence electrons. The Morgan fingerprint density at radius 2 is 2.10 bits per heavy atom. The summed E-state index contributed by atoms with van der Waals surface area (Å²) in [4.78, 5) is 0. The molecule has 0 aromatic heterocycles. The molecule has 0 bridgehead atoms. The summed E-state index contributed by atoms with van der Waals surface area (Å²) in [6.07, 6.45) is 7.39. The molecular formula is C9H17Cl. The van der Waals surface area contributed by atoms with Crippen molar-refractivity contribution in [2.24, 2.45) is 0 Å². The highest BCUT2D eigenvalue weighted by atomic mass is 35.5. The highest BCUT2D eigenvalue weighted by Crippen LogP contribution is 2.03. The van der Waals surface area contributed by atoms with E-state index >= 15 is 0 Å². The number of unbranched alkanes of at least 4 members (excludes halogenated alkanes) is 3. The van der Waals surface area contributed by atoms with Crippen LogP contribution in [-0.4, -0.2) is 5.88 Å². The van der Waals surface area contributed by atoms with Crippen LogP contribution < -0.4 is 0 Å². The zero-order valence-electron chi connectivity index (χ0n) is 6.99. The van der Waals surface area contributed by atoms with Crippen LogP contribution in [0.2, 0.25) is 0 Å². The second kappa shape index (κ2) is 7.14. The number of hydrogen-bond acceptors (Lipinski definition) is 0. The number of hydrogen-bond donors (Lipinski definition) is 0. The topological polar surface area (TPSA) is 0 Å². The number of halogens is 1. The van der Waals surface area contributed by atoms with Crippen LogP contribution in [0.1, 0.15) is 39.5 Å². The minimum absolute atomic E-state index is 0.687. The molecule has 0 aromatic rings. The Morgan fingerprint density at radius 3 is 2.60 bits per heavy atom. The second-order valence-corrected chi connectivity index (χ2v) is 2.95. The molecule has 0 aliphatic carbocycles. The van der Waals surface area contributed by atoms with Crippen molar-refractivity contribution >= 4 is 11.6 Å². The van der Waals surface area contributed by atoms with Crippen molar-refractivity contribution < 1.29 is 0 Å². The lowest BCUT2D eigenvalue weighted by Crippen LogP contribution is -1.77. The predicted octanol–water partition coefficient (Wildman–Crippen LogP) is 3.75. The van der Waals surface area contributed by atoms with E-state index in [1.165, 1.54) is 31.3 Å². The highest BCUT2D eigenvalue weighted by Gasteiger charge is 1.85. The van der Waals surface area contributed by atoms with Gasteiger partial charge in [-0.15, -0.1) is 11.6 Å². The summed E-state index contributed by atoms with van der Waals surface area (Å²) in [7, 11) is 0. The van der Waals surface area contributed by atoms with Gasteiger partial charge < -0.3 is 0 Å². The van der Waals surface area contributed by atoms with E-state index in [9.17, 15) is 0 Å². The Kier molecular flexibility index (Phi) is 7.16. The van der Waals surface area contributed by atoms with Gasteiger partial charge in [0.05, 0.1) is 0 Å². The molecule has 0 spiro atoms. The van der Waals surface area contributed by atoms with E-state index in [0.29, 0.717) is 5.88 Å². The molecule has 0 rings (SSSR count). The van der Waals surface area contributed by atoms with E-state index in [1.807, 2.05) is 0 Å². The predicted molar refractivity (Wildman–Crippen MR) is 48.6 cm³/mol. The van der Waals surface area contributed by atoms with Gasteiger partial charge in [-0.1, -0.05) is 31.4 Å². The van der Waals surface area contributed by atoms with Crippen LogP contribution in [0, 0.1) is 0 Å². The van der Waals surface area contributed by atoms with Gasteiger partial charge in [-0.25, -0.2) is 0 Å². The Hall–Kier alpha value is 0.0300. The lowest BCUT2D eigenvalue weighted by atomic mass is 10.1. The van der Waals surface area contributed by atoms with Gasteiger partial charge in [-0.2, -0.15) is 0 Å². The molecule has 0 aliphatic rings. The van der Waals surface area contributed by atoms with Crippen molar-refractivity contribution in [2.75, 3.05) is 5.88 Å². The first-order valence-electron chi connectivity index (χ1n) is 4.02. The molecule has 0 heterocycles. The first kappa shape index (κ1) is 10.0. The molecule has 0 amide bonds. The second-order valence-electron chi connectivity index (χ2n) is 2.68. The summed E-state index contributed by atoms with van der Waals surface area (Å²) in [5.74, 6) is 0.687.